The minimum Gasteiger partial charge on any atom is -0.484 e. The summed E-state index contributed by atoms with van der Waals surface area (Å²) < 4.78 is 11.0. The smallest absolute Gasteiger partial charge is 0.273 e. The molecule has 1 aromatic heterocycles. The Hall–Kier alpha value is -2.83. The summed E-state index contributed by atoms with van der Waals surface area (Å²) in [6.45, 7) is 0.217. The van der Waals surface area contributed by atoms with E-state index in [-0.39, 0.29) is 42.7 Å². The molecule has 7 heteroatoms. The van der Waals surface area contributed by atoms with Gasteiger partial charge in [0.15, 0.2) is 12.3 Å². The Kier molecular flexibility index (Phi) is 4.60. The van der Waals surface area contributed by atoms with Crippen LogP contribution in [0.4, 0.5) is 0 Å². The molecular weight excluding hydrogens is 334 g/mol. The average molecular weight is 355 g/mol. The first-order chi connectivity index (χ1) is 12.7. The molecule has 2 aliphatic carbocycles. The van der Waals surface area contributed by atoms with Crippen LogP contribution in [-0.2, 0) is 11.3 Å². The van der Waals surface area contributed by atoms with Gasteiger partial charge in [0.05, 0.1) is 6.54 Å². The summed E-state index contributed by atoms with van der Waals surface area (Å²) in [5.74, 6) is 0.690. The summed E-state index contributed by atoms with van der Waals surface area (Å²) in [6, 6.07) is 9.70. The SMILES string of the molecule is O=C(NC1CC1)c1coc(CN(C(=O)COc2ccccc2)C2CC2)n1. The molecule has 2 fully saturated rings. The second-order valence-corrected chi connectivity index (χ2v) is 6.73. The Bertz CT molecular complexity index is 781. The molecule has 2 saturated carbocycles. The average Bonchev–Trinajstić information content (AvgIpc) is 3.59. The molecule has 0 radical (unpaired) electrons. The molecule has 1 heterocycles. The first-order valence-corrected chi connectivity index (χ1v) is 8.91. The third-order valence-corrected chi connectivity index (χ3v) is 4.42. The second-order valence-electron chi connectivity index (χ2n) is 6.73. The Balaban J connectivity index is 1.35. The Morgan fingerprint density at radius 3 is 2.65 bits per heavy atom. The summed E-state index contributed by atoms with van der Waals surface area (Å²) in [5.41, 5.74) is 0.260. The van der Waals surface area contributed by atoms with E-state index in [0.717, 1.165) is 25.7 Å². The number of aromatic nitrogens is 1. The fourth-order valence-electron chi connectivity index (χ4n) is 2.67. The zero-order valence-electron chi connectivity index (χ0n) is 14.4. The van der Waals surface area contributed by atoms with Crippen molar-refractivity contribution in [3.8, 4) is 5.75 Å². The van der Waals surface area contributed by atoms with Gasteiger partial charge in [-0.2, -0.15) is 0 Å². The van der Waals surface area contributed by atoms with Gasteiger partial charge in [-0.1, -0.05) is 18.2 Å². The van der Waals surface area contributed by atoms with Crippen molar-refractivity contribution in [3.63, 3.8) is 0 Å². The highest BCUT2D eigenvalue weighted by atomic mass is 16.5. The number of benzene rings is 1. The third-order valence-electron chi connectivity index (χ3n) is 4.42. The van der Waals surface area contributed by atoms with E-state index in [1.807, 2.05) is 30.3 Å². The number of hydrogen-bond donors (Lipinski definition) is 1. The van der Waals surface area contributed by atoms with E-state index in [1.54, 1.807) is 4.90 Å². The van der Waals surface area contributed by atoms with Crippen LogP contribution in [0, 0.1) is 0 Å². The predicted octanol–water partition coefficient (Wildman–Crippen LogP) is 2.14. The van der Waals surface area contributed by atoms with E-state index >= 15 is 0 Å². The zero-order chi connectivity index (χ0) is 17.9. The van der Waals surface area contributed by atoms with E-state index in [4.69, 9.17) is 9.15 Å². The Morgan fingerprint density at radius 2 is 1.96 bits per heavy atom. The number of rotatable bonds is 8. The van der Waals surface area contributed by atoms with Crippen LogP contribution in [0.25, 0.3) is 0 Å². The van der Waals surface area contributed by atoms with E-state index < -0.39 is 0 Å². The lowest BCUT2D eigenvalue weighted by Crippen LogP contribution is -2.36. The van der Waals surface area contributed by atoms with E-state index in [1.165, 1.54) is 6.26 Å². The number of ether oxygens (including phenoxy) is 1. The van der Waals surface area contributed by atoms with Crippen LogP contribution in [0.1, 0.15) is 42.1 Å². The molecule has 0 unspecified atom stereocenters. The first-order valence-electron chi connectivity index (χ1n) is 8.91. The zero-order valence-corrected chi connectivity index (χ0v) is 14.4. The fraction of sp³-hybridized carbons (Fsp3) is 0.421. The highest BCUT2D eigenvalue weighted by molar-refractivity contribution is 5.92. The Labute approximate surface area is 151 Å². The van der Waals surface area contributed by atoms with Gasteiger partial charge in [-0.25, -0.2) is 4.98 Å². The third kappa shape index (κ3) is 4.22. The van der Waals surface area contributed by atoms with Crippen LogP contribution in [-0.4, -0.2) is 40.4 Å². The van der Waals surface area contributed by atoms with Crippen molar-refractivity contribution >= 4 is 11.8 Å². The number of nitrogens with one attached hydrogen (secondary N) is 1. The summed E-state index contributed by atoms with van der Waals surface area (Å²) in [7, 11) is 0. The van der Waals surface area contributed by atoms with Gasteiger partial charge in [0.1, 0.15) is 12.0 Å². The van der Waals surface area contributed by atoms with Gasteiger partial charge in [-0.05, 0) is 37.8 Å². The molecule has 26 heavy (non-hydrogen) atoms. The standard InChI is InChI=1S/C19H21N3O4/c23-18(12-25-15-4-2-1-3-5-15)22(14-8-9-14)10-17-21-16(11-26-17)19(24)20-13-6-7-13/h1-5,11,13-14H,6-10,12H2,(H,20,24). The number of para-hydroxylation sites is 1. The van der Waals surface area contributed by atoms with Crippen molar-refractivity contribution in [3.05, 3.63) is 48.2 Å². The van der Waals surface area contributed by atoms with Crippen LogP contribution < -0.4 is 10.1 Å². The minimum atomic E-state index is -0.223. The summed E-state index contributed by atoms with van der Waals surface area (Å²) in [4.78, 5) is 30.5. The number of oxazole rings is 1. The maximum absolute atomic E-state index is 12.5. The molecule has 2 aromatic rings. The number of nitrogens with zero attached hydrogens (tertiary/aromatic N) is 2. The van der Waals surface area contributed by atoms with Crippen molar-refractivity contribution in [2.24, 2.45) is 0 Å². The van der Waals surface area contributed by atoms with Gasteiger partial charge >= 0.3 is 0 Å². The fourth-order valence-corrected chi connectivity index (χ4v) is 2.67. The lowest BCUT2D eigenvalue weighted by molar-refractivity contribution is -0.134. The van der Waals surface area contributed by atoms with Gasteiger partial charge < -0.3 is 19.4 Å². The van der Waals surface area contributed by atoms with Crippen LogP contribution in [0.2, 0.25) is 0 Å². The molecule has 2 amide bonds. The quantitative estimate of drug-likeness (QED) is 0.784. The van der Waals surface area contributed by atoms with E-state index in [2.05, 4.69) is 10.3 Å². The van der Waals surface area contributed by atoms with Crippen LogP contribution >= 0.6 is 0 Å². The monoisotopic (exact) mass is 355 g/mol. The van der Waals surface area contributed by atoms with Crippen molar-refractivity contribution in [1.29, 1.82) is 0 Å². The lowest BCUT2D eigenvalue weighted by Gasteiger charge is -2.20. The molecule has 136 valence electrons. The summed E-state index contributed by atoms with van der Waals surface area (Å²) in [5, 5.41) is 2.87. The van der Waals surface area contributed by atoms with Gasteiger partial charge in [0.2, 0.25) is 5.89 Å². The topological polar surface area (TPSA) is 84.7 Å². The molecular formula is C19H21N3O4. The van der Waals surface area contributed by atoms with Crippen molar-refractivity contribution in [2.45, 2.75) is 44.3 Å². The number of hydrogen-bond acceptors (Lipinski definition) is 5. The highest BCUT2D eigenvalue weighted by Crippen LogP contribution is 2.28. The molecule has 0 bridgehead atoms. The molecule has 0 atom stereocenters. The molecule has 4 rings (SSSR count). The van der Waals surface area contributed by atoms with Gasteiger partial charge in [0, 0.05) is 12.1 Å². The van der Waals surface area contributed by atoms with Crippen LogP contribution in [0.5, 0.6) is 5.75 Å². The van der Waals surface area contributed by atoms with E-state index in [9.17, 15) is 9.59 Å². The molecule has 2 aliphatic rings. The van der Waals surface area contributed by atoms with Gasteiger partial charge in [-0.15, -0.1) is 0 Å². The number of amides is 2. The summed E-state index contributed by atoms with van der Waals surface area (Å²) in [6.07, 6.45) is 5.31. The molecule has 7 nitrogen and oxygen atoms in total. The maximum atomic E-state index is 12.5. The Morgan fingerprint density at radius 1 is 1.19 bits per heavy atom. The van der Waals surface area contributed by atoms with Gasteiger partial charge in [-0.3, -0.25) is 9.59 Å². The highest BCUT2D eigenvalue weighted by Gasteiger charge is 2.34. The normalized spacial score (nSPS) is 16.2. The van der Waals surface area contributed by atoms with Gasteiger partial charge in [0.25, 0.3) is 11.8 Å². The van der Waals surface area contributed by atoms with Crippen molar-refractivity contribution < 1.29 is 18.7 Å². The number of carbonyl (C=O) groups is 2. The first kappa shape index (κ1) is 16.6. The molecule has 0 aliphatic heterocycles. The second kappa shape index (κ2) is 7.19. The minimum absolute atomic E-state index is 0.0315. The largest absolute Gasteiger partial charge is 0.484 e. The summed E-state index contributed by atoms with van der Waals surface area (Å²) >= 11 is 0. The van der Waals surface area contributed by atoms with Crippen molar-refractivity contribution in [1.82, 2.24) is 15.2 Å². The molecule has 0 spiro atoms. The molecule has 1 aromatic carbocycles. The lowest BCUT2D eigenvalue weighted by atomic mass is 10.3. The molecule has 1 N–H and O–H groups in total. The van der Waals surface area contributed by atoms with Crippen LogP contribution in [0.3, 0.4) is 0 Å². The molecule has 0 saturated heterocycles. The van der Waals surface area contributed by atoms with E-state index in [0.29, 0.717) is 11.6 Å². The predicted molar refractivity (Wildman–Crippen MR) is 92.5 cm³/mol. The van der Waals surface area contributed by atoms with Crippen LogP contribution in [0.15, 0.2) is 41.0 Å². The maximum Gasteiger partial charge on any atom is 0.273 e. The number of carbonyl (C=O) groups excluding carboxylic acids is 2. The van der Waals surface area contributed by atoms with Crippen molar-refractivity contribution in [2.75, 3.05) is 6.61 Å².